The van der Waals surface area contributed by atoms with Gasteiger partial charge in [0.2, 0.25) is 0 Å². The summed E-state index contributed by atoms with van der Waals surface area (Å²) in [5, 5.41) is 8.95. The Hall–Kier alpha value is -2.37. The standard InChI is InChI=1S/C17H20N4O2/c1-10-3-12(5-20-8-15(17(22)23)18-9-20)11(2)19-16(10)21-6-13-4-14(13)7-21/h3,8-9,13-14H,4-7H2,1-2H3,(H,22,23). The second kappa shape index (κ2) is 5.08. The van der Waals surface area contributed by atoms with Gasteiger partial charge in [0.05, 0.1) is 12.9 Å². The number of rotatable bonds is 4. The first-order valence-electron chi connectivity index (χ1n) is 7.98. The molecule has 0 amide bonds. The average molecular weight is 312 g/mol. The molecule has 2 aromatic heterocycles. The van der Waals surface area contributed by atoms with E-state index in [0.29, 0.717) is 6.54 Å². The summed E-state index contributed by atoms with van der Waals surface area (Å²) < 4.78 is 1.79. The highest BCUT2D eigenvalue weighted by Crippen LogP contribution is 2.46. The van der Waals surface area contributed by atoms with Gasteiger partial charge in [0, 0.05) is 25.0 Å². The van der Waals surface area contributed by atoms with Crippen LogP contribution in [0.5, 0.6) is 0 Å². The zero-order valence-electron chi connectivity index (χ0n) is 13.4. The monoisotopic (exact) mass is 312 g/mol. The molecule has 1 N–H and O–H groups in total. The molecule has 2 aromatic rings. The maximum Gasteiger partial charge on any atom is 0.356 e. The van der Waals surface area contributed by atoms with E-state index >= 15 is 0 Å². The molecule has 0 radical (unpaired) electrons. The molecular weight excluding hydrogens is 292 g/mol. The van der Waals surface area contributed by atoms with Crippen LogP contribution < -0.4 is 4.90 Å². The number of carboxylic acid groups (broad SMARTS) is 1. The SMILES string of the molecule is Cc1cc(Cn2cnc(C(=O)O)c2)c(C)nc1N1CC2CC2C1. The number of hydrogen-bond acceptors (Lipinski definition) is 4. The number of carboxylic acids is 1. The molecule has 0 aromatic carbocycles. The average Bonchev–Trinajstić information content (AvgIpc) is 2.92. The fourth-order valence-electron chi connectivity index (χ4n) is 3.55. The van der Waals surface area contributed by atoms with Crippen molar-refractivity contribution < 1.29 is 9.90 Å². The van der Waals surface area contributed by atoms with Crippen LogP contribution in [0.25, 0.3) is 0 Å². The van der Waals surface area contributed by atoms with Gasteiger partial charge in [-0.2, -0.15) is 0 Å². The molecule has 1 saturated heterocycles. The van der Waals surface area contributed by atoms with E-state index in [2.05, 4.69) is 22.9 Å². The molecule has 2 aliphatic rings. The number of carbonyl (C=O) groups is 1. The number of anilines is 1. The van der Waals surface area contributed by atoms with Crippen LogP contribution in [-0.4, -0.2) is 38.7 Å². The minimum Gasteiger partial charge on any atom is -0.476 e. The summed E-state index contributed by atoms with van der Waals surface area (Å²) >= 11 is 0. The summed E-state index contributed by atoms with van der Waals surface area (Å²) in [4.78, 5) is 22.0. The molecule has 2 atom stereocenters. The summed E-state index contributed by atoms with van der Waals surface area (Å²) in [6.45, 7) is 6.99. The van der Waals surface area contributed by atoms with E-state index in [0.717, 1.165) is 42.0 Å². The van der Waals surface area contributed by atoms with E-state index < -0.39 is 5.97 Å². The highest BCUT2D eigenvalue weighted by atomic mass is 16.4. The maximum absolute atomic E-state index is 10.9. The van der Waals surface area contributed by atoms with Crippen molar-refractivity contribution >= 4 is 11.8 Å². The highest BCUT2D eigenvalue weighted by molar-refractivity contribution is 5.84. The van der Waals surface area contributed by atoms with Gasteiger partial charge in [-0.25, -0.2) is 14.8 Å². The fourth-order valence-corrected chi connectivity index (χ4v) is 3.55. The largest absolute Gasteiger partial charge is 0.476 e. The third kappa shape index (κ3) is 2.58. The lowest BCUT2D eigenvalue weighted by molar-refractivity contribution is 0.0691. The Kier molecular flexibility index (Phi) is 3.14. The van der Waals surface area contributed by atoms with Gasteiger partial charge in [0.15, 0.2) is 5.69 Å². The minimum absolute atomic E-state index is 0.0697. The van der Waals surface area contributed by atoms with E-state index in [9.17, 15) is 4.79 Å². The lowest BCUT2D eigenvalue weighted by Crippen LogP contribution is -2.24. The third-order valence-electron chi connectivity index (χ3n) is 4.97. The lowest BCUT2D eigenvalue weighted by Gasteiger charge is -2.22. The fraction of sp³-hybridized carbons (Fsp3) is 0.471. The molecular formula is C17H20N4O2. The van der Waals surface area contributed by atoms with Crippen molar-refractivity contribution in [2.24, 2.45) is 11.8 Å². The van der Waals surface area contributed by atoms with Crippen molar-refractivity contribution in [1.29, 1.82) is 0 Å². The Bertz CT molecular complexity index is 773. The molecule has 120 valence electrons. The molecule has 0 bridgehead atoms. The summed E-state index contributed by atoms with van der Waals surface area (Å²) in [7, 11) is 0. The molecule has 3 heterocycles. The summed E-state index contributed by atoms with van der Waals surface area (Å²) in [6.07, 6.45) is 4.50. The predicted molar refractivity (Wildman–Crippen MR) is 85.8 cm³/mol. The van der Waals surface area contributed by atoms with Crippen molar-refractivity contribution in [3.8, 4) is 0 Å². The van der Waals surface area contributed by atoms with Crippen molar-refractivity contribution in [2.45, 2.75) is 26.8 Å². The number of imidazole rings is 1. The van der Waals surface area contributed by atoms with Crippen LogP contribution >= 0.6 is 0 Å². The van der Waals surface area contributed by atoms with E-state index in [4.69, 9.17) is 10.1 Å². The first-order chi connectivity index (χ1) is 11.0. The molecule has 1 aliphatic heterocycles. The van der Waals surface area contributed by atoms with Crippen molar-refractivity contribution in [3.05, 3.63) is 41.1 Å². The van der Waals surface area contributed by atoms with Gasteiger partial charge in [0.25, 0.3) is 0 Å². The van der Waals surface area contributed by atoms with Gasteiger partial charge in [0.1, 0.15) is 5.82 Å². The maximum atomic E-state index is 10.9. The van der Waals surface area contributed by atoms with E-state index in [1.165, 1.54) is 12.0 Å². The summed E-state index contributed by atoms with van der Waals surface area (Å²) in [5.74, 6) is 1.88. The summed E-state index contributed by atoms with van der Waals surface area (Å²) in [6, 6.07) is 2.17. The molecule has 4 rings (SSSR count). The van der Waals surface area contributed by atoms with Crippen LogP contribution in [0.15, 0.2) is 18.6 Å². The topological polar surface area (TPSA) is 71.2 Å². The van der Waals surface area contributed by atoms with Crippen molar-refractivity contribution in [1.82, 2.24) is 14.5 Å². The number of pyridine rings is 1. The van der Waals surface area contributed by atoms with Gasteiger partial charge in [-0.1, -0.05) is 0 Å². The number of hydrogen-bond donors (Lipinski definition) is 1. The van der Waals surface area contributed by atoms with Crippen molar-refractivity contribution in [2.75, 3.05) is 18.0 Å². The number of nitrogens with zero attached hydrogens (tertiary/aromatic N) is 4. The Morgan fingerprint density at radius 2 is 2.09 bits per heavy atom. The van der Waals surface area contributed by atoms with Crippen LogP contribution in [0.3, 0.4) is 0 Å². The Labute approximate surface area is 134 Å². The highest BCUT2D eigenvalue weighted by Gasteiger charge is 2.45. The van der Waals surface area contributed by atoms with Crippen LogP contribution in [-0.2, 0) is 6.54 Å². The van der Waals surface area contributed by atoms with Crippen LogP contribution in [0.4, 0.5) is 5.82 Å². The van der Waals surface area contributed by atoms with Gasteiger partial charge >= 0.3 is 5.97 Å². The number of piperidine rings is 1. The lowest BCUT2D eigenvalue weighted by atomic mass is 10.1. The molecule has 0 spiro atoms. The quantitative estimate of drug-likeness (QED) is 0.936. The van der Waals surface area contributed by atoms with Gasteiger partial charge < -0.3 is 14.6 Å². The van der Waals surface area contributed by atoms with Gasteiger partial charge in [-0.05, 0) is 49.3 Å². The molecule has 1 saturated carbocycles. The second-order valence-electron chi connectivity index (χ2n) is 6.77. The molecule has 2 unspecified atom stereocenters. The van der Waals surface area contributed by atoms with Crippen LogP contribution in [0.2, 0.25) is 0 Å². The van der Waals surface area contributed by atoms with Gasteiger partial charge in [-0.3, -0.25) is 0 Å². The van der Waals surface area contributed by atoms with Crippen LogP contribution in [0.1, 0.15) is 33.7 Å². The first-order valence-corrected chi connectivity index (χ1v) is 7.98. The van der Waals surface area contributed by atoms with E-state index in [1.54, 1.807) is 17.1 Å². The minimum atomic E-state index is -1.00. The number of aromatic carboxylic acids is 1. The number of aromatic nitrogens is 3. The molecule has 6 nitrogen and oxygen atoms in total. The molecule has 2 fully saturated rings. The normalized spacial score (nSPS) is 22.3. The smallest absolute Gasteiger partial charge is 0.356 e. The van der Waals surface area contributed by atoms with Crippen molar-refractivity contribution in [3.63, 3.8) is 0 Å². The Morgan fingerprint density at radius 1 is 1.35 bits per heavy atom. The summed E-state index contributed by atoms with van der Waals surface area (Å²) in [5.41, 5.74) is 3.35. The molecule has 23 heavy (non-hydrogen) atoms. The first kappa shape index (κ1) is 14.2. The zero-order valence-corrected chi connectivity index (χ0v) is 13.4. The second-order valence-corrected chi connectivity index (χ2v) is 6.77. The zero-order chi connectivity index (χ0) is 16.1. The predicted octanol–water partition coefficient (Wildman–Crippen LogP) is 2.10. The van der Waals surface area contributed by atoms with Gasteiger partial charge in [-0.15, -0.1) is 0 Å². The van der Waals surface area contributed by atoms with E-state index in [-0.39, 0.29) is 5.69 Å². The Balaban J connectivity index is 1.56. The van der Waals surface area contributed by atoms with Crippen LogP contribution in [0, 0.1) is 25.7 Å². The number of aryl methyl sites for hydroxylation is 2. The van der Waals surface area contributed by atoms with E-state index in [1.807, 2.05) is 6.92 Å². The third-order valence-corrected chi connectivity index (χ3v) is 4.97. The number of fused-ring (bicyclic) bond motifs is 1. The molecule has 1 aliphatic carbocycles. The Morgan fingerprint density at radius 3 is 2.74 bits per heavy atom. The molecule has 6 heteroatoms.